The average molecular weight is 538 g/mol. The second-order valence-corrected chi connectivity index (χ2v) is 9.70. The number of nitrogens with one attached hydrogen (secondary N) is 2. The third-order valence-corrected chi connectivity index (χ3v) is 7.18. The van der Waals surface area contributed by atoms with Gasteiger partial charge in [-0.15, -0.1) is 5.10 Å². The van der Waals surface area contributed by atoms with Gasteiger partial charge in [0, 0.05) is 49.7 Å². The number of benzene rings is 3. The van der Waals surface area contributed by atoms with E-state index in [0.717, 1.165) is 61.6 Å². The molecule has 0 radical (unpaired) electrons. The van der Waals surface area contributed by atoms with Gasteiger partial charge in [-0.1, -0.05) is 12.1 Å². The summed E-state index contributed by atoms with van der Waals surface area (Å²) in [4.78, 5) is 22.2. The third kappa shape index (κ3) is 5.50. The van der Waals surface area contributed by atoms with Crippen LogP contribution in [0.25, 0.3) is 16.7 Å². The Labute approximate surface area is 231 Å². The highest BCUT2D eigenvalue weighted by Crippen LogP contribution is 2.23. The molecule has 0 spiro atoms. The van der Waals surface area contributed by atoms with E-state index < -0.39 is 0 Å². The summed E-state index contributed by atoms with van der Waals surface area (Å²) in [7, 11) is 1.69. The molecule has 0 bridgehead atoms. The molecule has 1 aliphatic rings. The number of piperazine rings is 1. The van der Waals surface area contributed by atoms with E-state index in [9.17, 15) is 4.79 Å². The zero-order chi connectivity index (χ0) is 27.3. The zero-order valence-corrected chi connectivity index (χ0v) is 22.3. The van der Waals surface area contributed by atoms with Crippen LogP contribution in [0.2, 0.25) is 0 Å². The maximum Gasteiger partial charge on any atom is 0.251 e. The number of nitrogens with zero attached hydrogens (tertiary/aromatic N) is 7. The van der Waals surface area contributed by atoms with Gasteiger partial charge in [-0.3, -0.25) is 9.69 Å². The maximum atomic E-state index is 12.7. The number of rotatable bonds is 9. The van der Waals surface area contributed by atoms with E-state index in [1.54, 1.807) is 23.8 Å². The fourth-order valence-corrected chi connectivity index (χ4v) is 4.96. The topological polar surface area (TPSA) is 113 Å². The normalized spacial score (nSPS) is 14.0. The van der Waals surface area contributed by atoms with Crippen LogP contribution in [0, 0.1) is 0 Å². The number of hydrogen-bond donors (Lipinski definition) is 2. The van der Waals surface area contributed by atoms with Crippen LogP contribution in [-0.2, 0) is 0 Å². The molecule has 0 atom stereocenters. The smallest absolute Gasteiger partial charge is 0.251 e. The lowest BCUT2D eigenvalue weighted by Gasteiger charge is -2.36. The lowest BCUT2D eigenvalue weighted by molar-refractivity contribution is 0.0951. The molecule has 6 rings (SSSR count). The number of anilines is 3. The Balaban J connectivity index is 0.966. The van der Waals surface area contributed by atoms with E-state index in [-0.39, 0.29) is 5.91 Å². The third-order valence-electron chi connectivity index (χ3n) is 7.18. The summed E-state index contributed by atoms with van der Waals surface area (Å²) in [5.41, 5.74) is 4.77. The number of carbonyl (C=O) groups is 1. The lowest BCUT2D eigenvalue weighted by atomic mass is 10.2. The molecular weight excluding hydrogens is 506 g/mol. The van der Waals surface area contributed by atoms with Crippen molar-refractivity contribution in [2.75, 3.05) is 56.6 Å². The van der Waals surface area contributed by atoms with Crippen molar-refractivity contribution in [1.29, 1.82) is 0 Å². The van der Waals surface area contributed by atoms with Crippen molar-refractivity contribution in [2.24, 2.45) is 0 Å². The van der Waals surface area contributed by atoms with Crippen molar-refractivity contribution in [3.8, 4) is 5.75 Å². The zero-order valence-electron chi connectivity index (χ0n) is 22.3. The van der Waals surface area contributed by atoms with E-state index >= 15 is 0 Å². The first-order chi connectivity index (χ1) is 19.7. The molecule has 2 N–H and O–H groups in total. The number of carbonyl (C=O) groups excluding carboxylic acids is 1. The molecule has 11 heteroatoms. The standard InChI is InChI=1S/C29H31N9O2/c1-40-24-13-11-23(12-14-24)37-19-17-36(18-20-37)16-4-15-30-29(39)21-7-9-22(10-8-21)31-27-28-33-34-35-38(28)26-6-3-2-5-25(26)32-27/h2-3,5-14H,4,15-20H2,1H3,(H,30,39)(H,31,32). The molecule has 1 aliphatic heterocycles. The molecule has 204 valence electrons. The van der Waals surface area contributed by atoms with Gasteiger partial charge in [0.15, 0.2) is 5.82 Å². The van der Waals surface area contributed by atoms with Gasteiger partial charge in [0.2, 0.25) is 5.65 Å². The monoisotopic (exact) mass is 537 g/mol. The van der Waals surface area contributed by atoms with Crippen LogP contribution in [0.1, 0.15) is 16.8 Å². The minimum absolute atomic E-state index is 0.0799. The Morgan fingerprint density at radius 1 is 0.950 bits per heavy atom. The molecule has 1 saturated heterocycles. The fourth-order valence-electron chi connectivity index (χ4n) is 4.96. The Morgan fingerprint density at radius 3 is 2.50 bits per heavy atom. The van der Waals surface area contributed by atoms with E-state index in [0.29, 0.717) is 23.6 Å². The van der Waals surface area contributed by atoms with E-state index in [2.05, 4.69) is 53.1 Å². The van der Waals surface area contributed by atoms with Crippen LogP contribution in [0.4, 0.5) is 17.2 Å². The first-order valence-corrected chi connectivity index (χ1v) is 13.4. The highest BCUT2D eigenvalue weighted by Gasteiger charge is 2.17. The summed E-state index contributed by atoms with van der Waals surface area (Å²) in [5.74, 6) is 1.34. The van der Waals surface area contributed by atoms with Crippen molar-refractivity contribution in [1.82, 2.24) is 35.2 Å². The number of para-hydroxylation sites is 2. The van der Waals surface area contributed by atoms with Crippen LogP contribution in [-0.4, -0.2) is 82.2 Å². The van der Waals surface area contributed by atoms with Crippen molar-refractivity contribution in [2.45, 2.75) is 6.42 Å². The number of amides is 1. The fraction of sp³-hybridized carbons (Fsp3) is 0.276. The Kier molecular flexibility index (Phi) is 7.36. The van der Waals surface area contributed by atoms with E-state index in [1.165, 1.54) is 5.69 Å². The molecule has 3 aromatic carbocycles. The predicted octanol–water partition coefficient (Wildman–Crippen LogP) is 3.37. The molecule has 1 fully saturated rings. The van der Waals surface area contributed by atoms with Crippen molar-refractivity contribution < 1.29 is 9.53 Å². The van der Waals surface area contributed by atoms with Crippen LogP contribution in [0.3, 0.4) is 0 Å². The molecule has 0 unspecified atom stereocenters. The molecule has 2 aromatic heterocycles. The van der Waals surface area contributed by atoms with Gasteiger partial charge in [-0.25, -0.2) is 4.98 Å². The average Bonchev–Trinajstić information content (AvgIpc) is 3.51. The van der Waals surface area contributed by atoms with Crippen LogP contribution >= 0.6 is 0 Å². The van der Waals surface area contributed by atoms with Gasteiger partial charge in [0.05, 0.1) is 18.1 Å². The number of ether oxygens (including phenoxy) is 1. The van der Waals surface area contributed by atoms with E-state index in [1.807, 2.05) is 48.5 Å². The summed E-state index contributed by atoms with van der Waals surface area (Å²) in [6.07, 6.45) is 0.907. The predicted molar refractivity (Wildman–Crippen MR) is 154 cm³/mol. The quantitative estimate of drug-likeness (QED) is 0.273. The summed E-state index contributed by atoms with van der Waals surface area (Å²) >= 11 is 0. The Bertz CT molecular complexity index is 1590. The minimum atomic E-state index is -0.0799. The number of hydrogen-bond acceptors (Lipinski definition) is 9. The maximum absolute atomic E-state index is 12.7. The van der Waals surface area contributed by atoms with Gasteiger partial charge < -0.3 is 20.3 Å². The number of fused-ring (bicyclic) bond motifs is 3. The van der Waals surface area contributed by atoms with Gasteiger partial charge in [-0.2, -0.15) is 4.52 Å². The van der Waals surface area contributed by atoms with Crippen LogP contribution < -0.4 is 20.3 Å². The van der Waals surface area contributed by atoms with Crippen LogP contribution in [0.5, 0.6) is 5.75 Å². The summed E-state index contributed by atoms with van der Waals surface area (Å²) in [6.45, 7) is 5.61. The van der Waals surface area contributed by atoms with Crippen molar-refractivity contribution in [3.05, 3.63) is 78.4 Å². The molecule has 1 amide bonds. The summed E-state index contributed by atoms with van der Waals surface area (Å²) in [6, 6.07) is 23.2. The molecule has 5 aromatic rings. The van der Waals surface area contributed by atoms with Crippen LogP contribution in [0.15, 0.2) is 72.8 Å². The molecule has 40 heavy (non-hydrogen) atoms. The summed E-state index contributed by atoms with van der Waals surface area (Å²) < 4.78 is 6.91. The highest BCUT2D eigenvalue weighted by molar-refractivity contribution is 5.94. The van der Waals surface area contributed by atoms with Crippen molar-refractivity contribution in [3.63, 3.8) is 0 Å². The number of aromatic nitrogens is 5. The number of methoxy groups -OCH3 is 1. The molecule has 0 aliphatic carbocycles. The molecule has 11 nitrogen and oxygen atoms in total. The first kappa shape index (κ1) is 25.5. The summed E-state index contributed by atoms with van der Waals surface area (Å²) in [5, 5.41) is 18.3. The largest absolute Gasteiger partial charge is 0.497 e. The molecular formula is C29H31N9O2. The first-order valence-electron chi connectivity index (χ1n) is 13.4. The second-order valence-electron chi connectivity index (χ2n) is 9.70. The lowest BCUT2D eigenvalue weighted by Crippen LogP contribution is -2.47. The second kappa shape index (κ2) is 11.5. The Hall–Kier alpha value is -4.77. The molecule has 0 saturated carbocycles. The van der Waals surface area contributed by atoms with Crippen molar-refractivity contribution >= 4 is 39.8 Å². The number of tetrazole rings is 1. The molecule has 3 heterocycles. The van der Waals surface area contributed by atoms with Gasteiger partial charge in [-0.05, 0) is 84.1 Å². The van der Waals surface area contributed by atoms with E-state index in [4.69, 9.17) is 4.74 Å². The van der Waals surface area contributed by atoms with Gasteiger partial charge in [0.25, 0.3) is 5.91 Å². The van der Waals surface area contributed by atoms with Gasteiger partial charge in [0.1, 0.15) is 5.75 Å². The SMILES string of the molecule is COc1ccc(N2CCN(CCCNC(=O)c3ccc(Nc4nc5ccccc5n5nnnc45)cc3)CC2)cc1. The highest BCUT2D eigenvalue weighted by atomic mass is 16.5. The van der Waals surface area contributed by atoms with Gasteiger partial charge >= 0.3 is 0 Å². The minimum Gasteiger partial charge on any atom is -0.497 e. The Morgan fingerprint density at radius 2 is 1.73 bits per heavy atom.